The van der Waals surface area contributed by atoms with Crippen LogP contribution in [0.25, 0.3) is 0 Å². The highest BCUT2D eigenvalue weighted by Crippen LogP contribution is 2.32. The summed E-state index contributed by atoms with van der Waals surface area (Å²) in [6, 6.07) is 6.01. The average Bonchev–Trinajstić information content (AvgIpc) is 2.47. The zero-order valence-corrected chi connectivity index (χ0v) is 14.6. The number of amides is 1. The van der Waals surface area contributed by atoms with Crippen molar-refractivity contribution in [3.05, 3.63) is 23.8 Å². The molecule has 0 radical (unpaired) electrons. The first-order valence-corrected chi connectivity index (χ1v) is 8.22. The molecule has 4 heteroatoms. The van der Waals surface area contributed by atoms with Crippen molar-refractivity contribution in [1.82, 2.24) is 9.38 Å². The minimum Gasteiger partial charge on any atom is -0.410 e. The van der Waals surface area contributed by atoms with Crippen LogP contribution in [0.4, 0.5) is 10.5 Å². The number of quaternary nitrogens is 1. The first kappa shape index (κ1) is 16.8. The van der Waals surface area contributed by atoms with E-state index >= 15 is 0 Å². The van der Waals surface area contributed by atoms with Crippen molar-refractivity contribution in [2.24, 2.45) is 0 Å². The van der Waals surface area contributed by atoms with Gasteiger partial charge in [0.25, 0.3) is 0 Å². The van der Waals surface area contributed by atoms with Crippen LogP contribution in [0.15, 0.2) is 18.2 Å². The number of nitrogens with zero attached hydrogens (tertiary/aromatic N) is 2. The predicted octanol–water partition coefficient (Wildman–Crippen LogP) is 3.99. The molecule has 1 fully saturated rings. The molecule has 0 spiro atoms. The van der Waals surface area contributed by atoms with E-state index in [1.165, 1.54) is 17.7 Å². The van der Waals surface area contributed by atoms with Gasteiger partial charge in [-0.05, 0) is 37.3 Å². The minimum atomic E-state index is -0.215. The summed E-state index contributed by atoms with van der Waals surface area (Å²) in [5.41, 5.74) is 2.49. The van der Waals surface area contributed by atoms with Gasteiger partial charge in [-0.15, -0.1) is 0 Å². The molecule has 1 heterocycles. The maximum atomic E-state index is 12.2. The number of likely N-dealkylation sites (tertiary alicyclic amines) is 1. The fraction of sp³-hybridized carbons (Fsp3) is 0.611. The molecule has 4 nitrogen and oxygen atoms in total. The highest BCUT2D eigenvalue weighted by Gasteiger charge is 2.22. The summed E-state index contributed by atoms with van der Waals surface area (Å²) in [6.07, 6.45) is 3.14. The van der Waals surface area contributed by atoms with Crippen molar-refractivity contribution in [2.45, 2.75) is 39.0 Å². The van der Waals surface area contributed by atoms with Crippen LogP contribution >= 0.6 is 0 Å². The van der Waals surface area contributed by atoms with E-state index in [4.69, 9.17) is 4.74 Å². The van der Waals surface area contributed by atoms with Crippen LogP contribution in [0.2, 0.25) is 0 Å². The fourth-order valence-electron chi connectivity index (χ4n) is 2.91. The Hall–Kier alpha value is -1.55. The van der Waals surface area contributed by atoms with Gasteiger partial charge in [0.2, 0.25) is 0 Å². The molecule has 0 bridgehead atoms. The van der Waals surface area contributed by atoms with Crippen molar-refractivity contribution in [1.29, 1.82) is 0 Å². The van der Waals surface area contributed by atoms with Crippen LogP contribution in [0, 0.1) is 0 Å². The van der Waals surface area contributed by atoms with E-state index in [1.54, 1.807) is 0 Å². The molecule has 0 atom stereocenters. The lowest BCUT2D eigenvalue weighted by molar-refractivity contribution is 0.142. The Morgan fingerprint density at radius 3 is 2.32 bits per heavy atom. The second-order valence-electron chi connectivity index (χ2n) is 7.30. The molecular weight excluding hydrogens is 276 g/mol. The Bertz CT molecular complexity index is 526. The molecule has 122 valence electrons. The first-order chi connectivity index (χ1) is 10.3. The third-order valence-corrected chi connectivity index (χ3v) is 4.16. The molecule has 0 aromatic heterocycles. The molecule has 0 saturated carbocycles. The fourth-order valence-corrected chi connectivity index (χ4v) is 2.91. The number of piperidine rings is 1. The van der Waals surface area contributed by atoms with Gasteiger partial charge >= 0.3 is 6.09 Å². The highest BCUT2D eigenvalue weighted by molar-refractivity contribution is 5.71. The molecule has 0 unspecified atom stereocenters. The molecular formula is C18H29N2O2+. The van der Waals surface area contributed by atoms with E-state index in [-0.39, 0.29) is 6.09 Å². The van der Waals surface area contributed by atoms with E-state index < -0.39 is 0 Å². The summed E-state index contributed by atoms with van der Waals surface area (Å²) >= 11 is 0. The molecule has 1 aliphatic heterocycles. The number of rotatable bonds is 3. The lowest BCUT2D eigenvalue weighted by Gasteiger charge is -2.28. The molecule has 1 saturated heterocycles. The maximum absolute atomic E-state index is 12.2. The average molecular weight is 305 g/mol. The zero-order chi connectivity index (χ0) is 16.3. The highest BCUT2D eigenvalue weighted by atomic mass is 16.6. The van der Waals surface area contributed by atoms with Crippen molar-refractivity contribution in [3.63, 3.8) is 0 Å². The molecule has 0 N–H and O–H groups in total. The lowest BCUT2D eigenvalue weighted by atomic mass is 9.99. The van der Waals surface area contributed by atoms with Gasteiger partial charge in [-0.1, -0.05) is 13.8 Å². The summed E-state index contributed by atoms with van der Waals surface area (Å²) in [5.74, 6) is 1.04. The van der Waals surface area contributed by atoms with Gasteiger partial charge in [-0.25, -0.2) is 4.79 Å². The van der Waals surface area contributed by atoms with E-state index in [0.29, 0.717) is 11.7 Å². The third-order valence-electron chi connectivity index (χ3n) is 4.16. The molecule has 1 aromatic carbocycles. The van der Waals surface area contributed by atoms with Crippen LogP contribution < -0.4 is 9.22 Å². The number of benzene rings is 1. The van der Waals surface area contributed by atoms with Crippen LogP contribution in [0.1, 0.15) is 44.6 Å². The Morgan fingerprint density at radius 2 is 1.77 bits per heavy atom. The van der Waals surface area contributed by atoms with Crippen LogP contribution in [-0.4, -0.2) is 45.2 Å². The monoisotopic (exact) mass is 305 g/mol. The van der Waals surface area contributed by atoms with Crippen LogP contribution in [-0.2, 0) is 0 Å². The van der Waals surface area contributed by atoms with Gasteiger partial charge in [0.1, 0.15) is 11.4 Å². The Kier molecular flexibility index (Phi) is 5.12. The molecule has 22 heavy (non-hydrogen) atoms. The summed E-state index contributed by atoms with van der Waals surface area (Å²) in [5, 5.41) is 0. The van der Waals surface area contributed by atoms with Gasteiger partial charge < -0.3 is 9.64 Å². The van der Waals surface area contributed by atoms with Crippen LogP contribution in [0.5, 0.6) is 5.75 Å². The van der Waals surface area contributed by atoms with Crippen molar-refractivity contribution >= 4 is 11.8 Å². The summed E-state index contributed by atoms with van der Waals surface area (Å²) in [6.45, 7) is 5.97. The Morgan fingerprint density at radius 1 is 1.14 bits per heavy atom. The van der Waals surface area contributed by atoms with E-state index in [0.717, 1.165) is 30.4 Å². The van der Waals surface area contributed by atoms with Crippen molar-refractivity contribution < 1.29 is 9.53 Å². The molecule has 1 aliphatic rings. The summed E-state index contributed by atoms with van der Waals surface area (Å²) < 4.78 is 6.35. The first-order valence-electron chi connectivity index (χ1n) is 8.22. The smallest absolute Gasteiger partial charge is 0.410 e. The molecule has 2 rings (SSSR count). The normalized spacial score (nSPS) is 16.0. The van der Waals surface area contributed by atoms with E-state index in [9.17, 15) is 4.79 Å². The number of carbonyl (C=O) groups is 1. The predicted molar refractivity (Wildman–Crippen MR) is 91.5 cm³/mol. The third kappa shape index (κ3) is 4.01. The SMILES string of the molecule is CC(C)c1cc(OC(=O)N2CCCCC2)ccc1[N+](C)(C)C. The van der Waals surface area contributed by atoms with Gasteiger partial charge in [0.15, 0.2) is 0 Å². The van der Waals surface area contributed by atoms with Crippen molar-refractivity contribution in [2.75, 3.05) is 34.2 Å². The molecule has 1 amide bonds. The number of hydrogen-bond donors (Lipinski definition) is 0. The topological polar surface area (TPSA) is 29.5 Å². The van der Waals surface area contributed by atoms with Crippen molar-refractivity contribution in [3.8, 4) is 5.75 Å². The largest absolute Gasteiger partial charge is 0.415 e. The summed E-state index contributed by atoms with van der Waals surface area (Å²) in [4.78, 5) is 14.0. The summed E-state index contributed by atoms with van der Waals surface area (Å²) in [7, 11) is 6.46. The van der Waals surface area contributed by atoms with Crippen LogP contribution in [0.3, 0.4) is 0 Å². The maximum Gasteiger partial charge on any atom is 0.415 e. The van der Waals surface area contributed by atoms with Gasteiger partial charge in [-0.3, -0.25) is 4.48 Å². The zero-order valence-electron chi connectivity index (χ0n) is 14.6. The minimum absolute atomic E-state index is 0.215. The Balaban J connectivity index is 2.18. The van der Waals surface area contributed by atoms with Gasteiger partial charge in [0.05, 0.1) is 21.1 Å². The standard InChI is InChI=1S/C18H29N2O2/c1-14(2)16-13-15(9-10-17(16)20(3,4)5)22-18(21)19-11-7-6-8-12-19/h9-10,13-14H,6-8,11-12H2,1-5H3/q+1. The van der Waals surface area contributed by atoms with Gasteiger partial charge in [0, 0.05) is 24.7 Å². The molecule has 0 aliphatic carbocycles. The number of ether oxygens (including phenoxy) is 1. The second kappa shape index (κ2) is 6.69. The van der Waals surface area contributed by atoms with E-state index in [1.807, 2.05) is 17.0 Å². The number of carbonyl (C=O) groups excluding carboxylic acids is 1. The Labute approximate surface area is 134 Å². The van der Waals surface area contributed by atoms with E-state index in [2.05, 4.69) is 41.1 Å². The second-order valence-corrected chi connectivity index (χ2v) is 7.30. The molecule has 1 aromatic rings. The quantitative estimate of drug-likeness (QED) is 0.790. The number of hydrogen-bond acceptors (Lipinski definition) is 2. The lowest BCUT2D eigenvalue weighted by Crippen LogP contribution is -2.38. The van der Waals surface area contributed by atoms with Gasteiger partial charge in [-0.2, -0.15) is 0 Å².